The monoisotopic (exact) mass is 329 g/mol. The third kappa shape index (κ3) is 2.69. The first-order valence-electron chi connectivity index (χ1n) is 9.31. The Morgan fingerprint density at radius 1 is 1.00 bits per heavy atom. The highest BCUT2D eigenvalue weighted by Gasteiger charge is 2.34. The molecular weight excluding hydrogens is 306 g/mol. The van der Waals surface area contributed by atoms with Crippen LogP contribution in [0.15, 0.2) is 67.0 Å². The zero-order valence-electron chi connectivity index (χ0n) is 14.4. The minimum absolute atomic E-state index is 0.553. The number of nitrogens with zero attached hydrogens (tertiary/aromatic N) is 3. The van der Waals surface area contributed by atoms with Crippen LogP contribution in [0.1, 0.15) is 36.9 Å². The summed E-state index contributed by atoms with van der Waals surface area (Å²) in [5.41, 5.74) is 5.20. The molecule has 3 aromatic rings. The fraction of sp³-hybridized carbons (Fsp3) is 0.318. The zero-order chi connectivity index (χ0) is 16.6. The minimum Gasteiger partial charge on any atom is -0.300 e. The van der Waals surface area contributed by atoms with Crippen LogP contribution >= 0.6 is 0 Å². The van der Waals surface area contributed by atoms with Gasteiger partial charge in [-0.1, -0.05) is 48.9 Å². The van der Waals surface area contributed by atoms with Gasteiger partial charge in [-0.05, 0) is 42.5 Å². The molecule has 2 aromatic heterocycles. The maximum Gasteiger partial charge on any atom is 0.137 e. The van der Waals surface area contributed by atoms with Crippen LogP contribution in [0.3, 0.4) is 0 Å². The summed E-state index contributed by atoms with van der Waals surface area (Å²) in [7, 11) is 0. The molecule has 3 heteroatoms. The first-order valence-corrected chi connectivity index (χ1v) is 9.31. The molecule has 1 saturated heterocycles. The fourth-order valence-electron chi connectivity index (χ4n) is 4.52. The number of aromatic nitrogens is 2. The van der Waals surface area contributed by atoms with E-state index in [1.165, 1.54) is 36.1 Å². The van der Waals surface area contributed by atoms with E-state index in [4.69, 9.17) is 0 Å². The lowest BCUT2D eigenvalue weighted by Gasteiger charge is -2.45. The Morgan fingerprint density at radius 3 is 2.76 bits per heavy atom. The standard InChI is InChI=1S/C22H23N3/c1-2-7-17(8-3-1)16-25-19-9-6-10-20(25)14-18(13-19)21-15-23-22-11-4-5-12-24(21)22/h1-5,7-8,11-13,15,19-20H,6,9-10,14,16H2. The molecule has 3 nitrogen and oxygen atoms in total. The number of imidazole rings is 1. The van der Waals surface area contributed by atoms with Crippen LogP contribution in [-0.4, -0.2) is 26.4 Å². The van der Waals surface area contributed by atoms with E-state index in [-0.39, 0.29) is 0 Å². The van der Waals surface area contributed by atoms with Gasteiger partial charge in [0.15, 0.2) is 0 Å². The van der Waals surface area contributed by atoms with Crippen molar-refractivity contribution < 1.29 is 0 Å². The summed E-state index contributed by atoms with van der Waals surface area (Å²) in [6.07, 6.45) is 11.7. The summed E-state index contributed by atoms with van der Waals surface area (Å²) in [5.74, 6) is 0. The van der Waals surface area contributed by atoms with Crippen LogP contribution in [0.25, 0.3) is 11.2 Å². The van der Waals surface area contributed by atoms with Gasteiger partial charge in [0.2, 0.25) is 0 Å². The van der Waals surface area contributed by atoms with Crippen molar-refractivity contribution in [1.29, 1.82) is 0 Å². The van der Waals surface area contributed by atoms with Crippen molar-refractivity contribution in [2.45, 2.75) is 44.3 Å². The van der Waals surface area contributed by atoms with Gasteiger partial charge in [-0.15, -0.1) is 0 Å². The van der Waals surface area contributed by atoms with Crippen LogP contribution in [0.2, 0.25) is 0 Å². The molecule has 126 valence electrons. The maximum absolute atomic E-state index is 4.58. The van der Waals surface area contributed by atoms with E-state index >= 15 is 0 Å². The summed E-state index contributed by atoms with van der Waals surface area (Å²) in [5, 5.41) is 0. The highest BCUT2D eigenvalue weighted by Crippen LogP contribution is 2.38. The number of fused-ring (bicyclic) bond motifs is 3. The van der Waals surface area contributed by atoms with Crippen molar-refractivity contribution in [2.24, 2.45) is 0 Å². The van der Waals surface area contributed by atoms with Crippen LogP contribution in [0.5, 0.6) is 0 Å². The van der Waals surface area contributed by atoms with Gasteiger partial charge in [0.05, 0.1) is 11.9 Å². The van der Waals surface area contributed by atoms with Gasteiger partial charge < -0.3 is 4.40 Å². The first-order chi connectivity index (χ1) is 12.4. The summed E-state index contributed by atoms with van der Waals surface area (Å²) < 4.78 is 2.23. The summed E-state index contributed by atoms with van der Waals surface area (Å²) in [6, 6.07) is 18.3. The molecule has 2 unspecified atom stereocenters. The molecule has 5 rings (SSSR count). The first kappa shape index (κ1) is 14.9. The predicted octanol–water partition coefficient (Wildman–Crippen LogP) is 4.54. The van der Waals surface area contributed by atoms with Gasteiger partial charge in [-0.25, -0.2) is 4.98 Å². The Balaban J connectivity index is 1.48. The highest BCUT2D eigenvalue weighted by molar-refractivity contribution is 5.67. The summed E-state index contributed by atoms with van der Waals surface area (Å²) in [6.45, 7) is 1.06. The molecule has 2 bridgehead atoms. The van der Waals surface area contributed by atoms with Gasteiger partial charge in [-0.2, -0.15) is 0 Å². The van der Waals surface area contributed by atoms with Gasteiger partial charge in [0.1, 0.15) is 5.65 Å². The Morgan fingerprint density at radius 2 is 1.88 bits per heavy atom. The fourth-order valence-corrected chi connectivity index (χ4v) is 4.52. The summed E-state index contributed by atoms with van der Waals surface area (Å²) >= 11 is 0. The van der Waals surface area contributed by atoms with Gasteiger partial charge in [0, 0.05) is 24.8 Å². The molecule has 2 aliphatic heterocycles. The zero-order valence-corrected chi connectivity index (χ0v) is 14.4. The van der Waals surface area contributed by atoms with E-state index in [1.54, 1.807) is 0 Å². The summed E-state index contributed by atoms with van der Waals surface area (Å²) in [4.78, 5) is 7.30. The van der Waals surface area contributed by atoms with Crippen molar-refractivity contribution >= 4 is 11.2 Å². The molecule has 0 aliphatic carbocycles. The van der Waals surface area contributed by atoms with Crippen LogP contribution in [0.4, 0.5) is 0 Å². The van der Waals surface area contributed by atoms with Gasteiger partial charge in [0.25, 0.3) is 0 Å². The van der Waals surface area contributed by atoms with E-state index in [1.807, 2.05) is 6.20 Å². The molecule has 0 N–H and O–H groups in total. The SMILES string of the molecule is C1=C(c2cnc3ccccn23)CC2CCCC1N2Cc1ccccc1. The third-order valence-electron chi connectivity index (χ3n) is 5.74. The number of benzene rings is 1. The lowest BCUT2D eigenvalue weighted by atomic mass is 9.84. The molecule has 1 fully saturated rings. The number of hydrogen-bond acceptors (Lipinski definition) is 2. The second-order valence-electron chi connectivity index (χ2n) is 7.28. The highest BCUT2D eigenvalue weighted by atomic mass is 15.2. The third-order valence-corrected chi connectivity index (χ3v) is 5.74. The largest absolute Gasteiger partial charge is 0.300 e. The lowest BCUT2D eigenvalue weighted by Crippen LogP contribution is -2.47. The second kappa shape index (κ2) is 6.16. The van der Waals surface area contributed by atoms with Gasteiger partial charge >= 0.3 is 0 Å². The maximum atomic E-state index is 4.58. The van der Waals surface area contributed by atoms with E-state index in [2.05, 4.69) is 75.1 Å². The molecule has 1 aromatic carbocycles. The molecule has 25 heavy (non-hydrogen) atoms. The van der Waals surface area contributed by atoms with Crippen molar-refractivity contribution in [2.75, 3.05) is 0 Å². The molecule has 0 radical (unpaired) electrons. The van der Waals surface area contributed by atoms with Crippen molar-refractivity contribution in [3.05, 3.63) is 78.3 Å². The van der Waals surface area contributed by atoms with Crippen LogP contribution < -0.4 is 0 Å². The second-order valence-corrected chi connectivity index (χ2v) is 7.28. The lowest BCUT2D eigenvalue weighted by molar-refractivity contribution is 0.0950. The van der Waals surface area contributed by atoms with Crippen LogP contribution in [0, 0.1) is 0 Å². The normalized spacial score (nSPS) is 23.6. The molecular formula is C22H23N3. The van der Waals surface area contributed by atoms with Crippen molar-refractivity contribution in [1.82, 2.24) is 14.3 Å². The molecule has 2 aliphatic rings. The Labute approximate surface area is 148 Å². The van der Waals surface area contributed by atoms with E-state index in [9.17, 15) is 0 Å². The van der Waals surface area contributed by atoms with Gasteiger partial charge in [-0.3, -0.25) is 4.90 Å². The van der Waals surface area contributed by atoms with Crippen molar-refractivity contribution in [3.8, 4) is 0 Å². The molecule has 4 heterocycles. The number of hydrogen-bond donors (Lipinski definition) is 0. The van der Waals surface area contributed by atoms with Crippen molar-refractivity contribution in [3.63, 3.8) is 0 Å². The number of rotatable bonds is 3. The topological polar surface area (TPSA) is 20.5 Å². The average molecular weight is 329 g/mol. The van der Waals surface area contributed by atoms with Crippen LogP contribution in [-0.2, 0) is 6.54 Å². The quantitative estimate of drug-likeness (QED) is 0.703. The smallest absolute Gasteiger partial charge is 0.137 e. The Kier molecular flexibility index (Phi) is 3.67. The Bertz CT molecular complexity index is 909. The average Bonchev–Trinajstić information content (AvgIpc) is 3.06. The van der Waals surface area contributed by atoms with E-state index in [0.717, 1.165) is 18.6 Å². The molecule has 0 saturated carbocycles. The molecule has 0 amide bonds. The predicted molar refractivity (Wildman–Crippen MR) is 101 cm³/mol. The number of pyridine rings is 1. The number of piperidine rings is 1. The minimum atomic E-state index is 0.553. The van der Waals surface area contributed by atoms with E-state index in [0.29, 0.717) is 12.1 Å². The molecule has 2 atom stereocenters. The molecule has 0 spiro atoms. The van der Waals surface area contributed by atoms with E-state index < -0.39 is 0 Å². The Hall–Kier alpha value is -2.39.